The third-order valence-electron chi connectivity index (χ3n) is 4.74. The van der Waals surface area contributed by atoms with E-state index in [2.05, 4.69) is 10.3 Å². The monoisotopic (exact) mass is 371 g/mol. The SMILES string of the molecule is CC(NC(=O)C1CCCN(C(=O)c2ccc(Cl)cc2)C1)c1ccncc1. The highest BCUT2D eigenvalue weighted by molar-refractivity contribution is 6.30. The molecular formula is C20H22ClN3O2. The second-order valence-electron chi connectivity index (χ2n) is 6.61. The molecule has 26 heavy (non-hydrogen) atoms. The normalized spacial score (nSPS) is 18.2. The van der Waals surface area contributed by atoms with Crippen molar-refractivity contribution in [3.63, 3.8) is 0 Å². The third-order valence-corrected chi connectivity index (χ3v) is 4.99. The molecule has 2 unspecified atom stereocenters. The molecule has 0 radical (unpaired) electrons. The number of amides is 2. The van der Waals surface area contributed by atoms with Crippen molar-refractivity contribution in [2.75, 3.05) is 13.1 Å². The van der Waals surface area contributed by atoms with Crippen molar-refractivity contribution in [1.29, 1.82) is 0 Å². The van der Waals surface area contributed by atoms with Gasteiger partial charge in [-0.1, -0.05) is 11.6 Å². The Morgan fingerprint density at radius 3 is 2.58 bits per heavy atom. The quantitative estimate of drug-likeness (QED) is 0.895. The number of hydrogen-bond donors (Lipinski definition) is 1. The molecule has 1 aromatic carbocycles. The van der Waals surface area contributed by atoms with Crippen molar-refractivity contribution < 1.29 is 9.59 Å². The summed E-state index contributed by atoms with van der Waals surface area (Å²) in [5.41, 5.74) is 1.61. The van der Waals surface area contributed by atoms with Crippen LogP contribution >= 0.6 is 11.6 Å². The molecule has 2 amide bonds. The Bertz CT molecular complexity index is 764. The highest BCUT2D eigenvalue weighted by Gasteiger charge is 2.29. The number of benzene rings is 1. The molecule has 0 aliphatic carbocycles. The molecule has 1 fully saturated rings. The number of piperidine rings is 1. The minimum Gasteiger partial charge on any atom is -0.349 e. The van der Waals surface area contributed by atoms with Crippen molar-refractivity contribution in [2.45, 2.75) is 25.8 Å². The van der Waals surface area contributed by atoms with E-state index in [0.29, 0.717) is 23.7 Å². The Labute approximate surface area is 158 Å². The van der Waals surface area contributed by atoms with Gasteiger partial charge in [-0.05, 0) is 61.7 Å². The summed E-state index contributed by atoms with van der Waals surface area (Å²) in [5, 5.41) is 3.65. The van der Waals surface area contributed by atoms with Gasteiger partial charge in [0.25, 0.3) is 5.91 Å². The molecule has 0 saturated carbocycles. The number of carbonyl (C=O) groups excluding carboxylic acids is 2. The summed E-state index contributed by atoms with van der Waals surface area (Å²) in [5.74, 6) is -0.256. The van der Waals surface area contributed by atoms with Gasteiger partial charge < -0.3 is 10.2 Å². The van der Waals surface area contributed by atoms with E-state index in [0.717, 1.165) is 18.4 Å². The summed E-state index contributed by atoms with van der Waals surface area (Å²) >= 11 is 5.88. The first kappa shape index (κ1) is 18.4. The molecule has 136 valence electrons. The number of carbonyl (C=O) groups is 2. The standard InChI is InChI=1S/C20H22ClN3O2/c1-14(15-8-10-22-11-9-15)23-19(25)17-3-2-12-24(13-17)20(26)16-4-6-18(21)7-5-16/h4-11,14,17H,2-3,12-13H2,1H3,(H,23,25). The van der Waals surface area contributed by atoms with Crippen molar-refractivity contribution in [3.05, 3.63) is 64.9 Å². The maximum atomic E-state index is 12.7. The smallest absolute Gasteiger partial charge is 0.253 e. The lowest BCUT2D eigenvalue weighted by Crippen LogP contribution is -2.45. The third kappa shape index (κ3) is 4.41. The van der Waals surface area contributed by atoms with E-state index < -0.39 is 0 Å². The highest BCUT2D eigenvalue weighted by atomic mass is 35.5. The molecule has 2 aromatic rings. The zero-order chi connectivity index (χ0) is 18.5. The van der Waals surface area contributed by atoms with Gasteiger partial charge in [-0.15, -0.1) is 0 Å². The molecular weight excluding hydrogens is 350 g/mol. The number of hydrogen-bond acceptors (Lipinski definition) is 3. The van der Waals surface area contributed by atoms with Crippen LogP contribution < -0.4 is 5.32 Å². The van der Waals surface area contributed by atoms with Gasteiger partial charge >= 0.3 is 0 Å². The Morgan fingerprint density at radius 2 is 1.88 bits per heavy atom. The van der Waals surface area contributed by atoms with Gasteiger partial charge in [0, 0.05) is 36.1 Å². The van der Waals surface area contributed by atoms with E-state index in [9.17, 15) is 9.59 Å². The minimum atomic E-state index is -0.190. The van der Waals surface area contributed by atoms with Crippen LogP contribution in [0.25, 0.3) is 0 Å². The number of pyridine rings is 1. The van der Waals surface area contributed by atoms with Crippen molar-refractivity contribution in [2.24, 2.45) is 5.92 Å². The number of nitrogens with zero attached hydrogens (tertiary/aromatic N) is 2. The van der Waals surface area contributed by atoms with Gasteiger partial charge in [0.05, 0.1) is 12.0 Å². The second kappa shape index (κ2) is 8.32. The molecule has 5 nitrogen and oxygen atoms in total. The minimum absolute atomic E-state index is 0.0112. The van der Waals surface area contributed by atoms with E-state index in [1.165, 1.54) is 0 Å². The number of aromatic nitrogens is 1. The first-order chi connectivity index (χ1) is 12.5. The van der Waals surface area contributed by atoms with Gasteiger partial charge in [0.2, 0.25) is 5.91 Å². The topological polar surface area (TPSA) is 62.3 Å². The van der Waals surface area contributed by atoms with Crippen LogP contribution in [0, 0.1) is 5.92 Å². The summed E-state index contributed by atoms with van der Waals surface area (Å²) in [6, 6.07) is 10.6. The van der Waals surface area contributed by atoms with Crippen LogP contribution in [-0.4, -0.2) is 34.8 Å². The fourth-order valence-electron chi connectivity index (χ4n) is 3.22. The van der Waals surface area contributed by atoms with Crippen LogP contribution in [0.2, 0.25) is 5.02 Å². The molecule has 0 spiro atoms. The molecule has 0 bridgehead atoms. The number of likely N-dealkylation sites (tertiary alicyclic amines) is 1. The van der Waals surface area contributed by atoms with Crippen molar-refractivity contribution in [3.8, 4) is 0 Å². The number of nitrogens with one attached hydrogen (secondary N) is 1. The summed E-state index contributed by atoms with van der Waals surface area (Å²) in [4.78, 5) is 31.1. The average Bonchev–Trinajstić information content (AvgIpc) is 2.68. The zero-order valence-corrected chi connectivity index (χ0v) is 15.4. The summed E-state index contributed by atoms with van der Waals surface area (Å²) in [7, 11) is 0. The summed E-state index contributed by atoms with van der Waals surface area (Å²) < 4.78 is 0. The molecule has 3 rings (SSSR count). The van der Waals surface area contributed by atoms with Crippen LogP contribution in [-0.2, 0) is 4.79 Å². The average molecular weight is 372 g/mol. The van der Waals surface area contributed by atoms with Gasteiger partial charge in [0.1, 0.15) is 0 Å². The van der Waals surface area contributed by atoms with Crippen LogP contribution in [0.1, 0.15) is 41.7 Å². The van der Waals surface area contributed by atoms with Gasteiger partial charge in [-0.25, -0.2) is 0 Å². The van der Waals surface area contributed by atoms with Crippen LogP contribution in [0.4, 0.5) is 0 Å². The van der Waals surface area contributed by atoms with Gasteiger partial charge in [-0.3, -0.25) is 14.6 Å². The van der Waals surface area contributed by atoms with Crippen molar-refractivity contribution >= 4 is 23.4 Å². The predicted octanol–water partition coefficient (Wildman–Crippen LogP) is 3.46. The zero-order valence-electron chi connectivity index (χ0n) is 14.7. The van der Waals surface area contributed by atoms with E-state index in [1.54, 1.807) is 41.6 Å². The molecule has 1 saturated heterocycles. The largest absolute Gasteiger partial charge is 0.349 e. The van der Waals surface area contributed by atoms with Gasteiger partial charge in [0.15, 0.2) is 0 Å². The number of rotatable bonds is 4. The maximum absolute atomic E-state index is 12.7. The van der Waals surface area contributed by atoms with Crippen molar-refractivity contribution in [1.82, 2.24) is 15.2 Å². The molecule has 6 heteroatoms. The fourth-order valence-corrected chi connectivity index (χ4v) is 3.34. The molecule has 2 heterocycles. The summed E-state index contributed by atoms with van der Waals surface area (Å²) in [6.45, 7) is 3.06. The molecule has 1 aromatic heterocycles. The van der Waals surface area contributed by atoms with E-state index in [4.69, 9.17) is 11.6 Å². The van der Waals surface area contributed by atoms with E-state index in [1.807, 2.05) is 19.1 Å². The van der Waals surface area contributed by atoms with Crippen LogP contribution in [0.3, 0.4) is 0 Å². The van der Waals surface area contributed by atoms with Gasteiger partial charge in [-0.2, -0.15) is 0 Å². The first-order valence-electron chi connectivity index (χ1n) is 8.79. The molecule has 1 aliphatic heterocycles. The van der Waals surface area contributed by atoms with E-state index in [-0.39, 0.29) is 23.8 Å². The summed E-state index contributed by atoms with van der Waals surface area (Å²) in [6.07, 6.45) is 5.04. The lowest BCUT2D eigenvalue weighted by Gasteiger charge is -2.32. The highest BCUT2D eigenvalue weighted by Crippen LogP contribution is 2.21. The predicted molar refractivity (Wildman–Crippen MR) is 101 cm³/mol. The first-order valence-corrected chi connectivity index (χ1v) is 9.17. The molecule has 1 aliphatic rings. The second-order valence-corrected chi connectivity index (χ2v) is 7.04. The Hall–Kier alpha value is -2.40. The van der Waals surface area contributed by atoms with Crippen LogP contribution in [0.15, 0.2) is 48.8 Å². The Balaban J connectivity index is 1.61. The fraction of sp³-hybridized carbons (Fsp3) is 0.350. The maximum Gasteiger partial charge on any atom is 0.253 e. The Kier molecular flexibility index (Phi) is 5.89. The molecule has 1 N–H and O–H groups in total. The lowest BCUT2D eigenvalue weighted by molar-refractivity contribution is -0.127. The Morgan fingerprint density at radius 1 is 1.19 bits per heavy atom. The lowest BCUT2D eigenvalue weighted by atomic mass is 9.95. The molecule has 2 atom stereocenters. The number of halogens is 1. The van der Waals surface area contributed by atoms with E-state index >= 15 is 0 Å². The van der Waals surface area contributed by atoms with Crippen LogP contribution in [0.5, 0.6) is 0 Å².